The lowest BCUT2D eigenvalue weighted by atomic mass is 10.2. The van der Waals surface area contributed by atoms with Crippen LogP contribution in [0.5, 0.6) is 0 Å². The van der Waals surface area contributed by atoms with Gasteiger partial charge in [-0.2, -0.15) is 0 Å². The van der Waals surface area contributed by atoms with Gasteiger partial charge in [-0.15, -0.1) is 11.3 Å². The smallest absolute Gasteiger partial charge is 0.0412 e. The molecule has 1 N–H and O–H groups in total. The van der Waals surface area contributed by atoms with Gasteiger partial charge in [0.1, 0.15) is 0 Å². The van der Waals surface area contributed by atoms with Crippen LogP contribution in [0.1, 0.15) is 17.8 Å². The second-order valence-corrected chi connectivity index (χ2v) is 4.89. The van der Waals surface area contributed by atoms with E-state index in [9.17, 15) is 0 Å². The average Bonchev–Trinajstić information content (AvgIpc) is 2.59. The maximum Gasteiger partial charge on any atom is 0.0412 e. The van der Waals surface area contributed by atoms with Crippen molar-refractivity contribution in [2.45, 2.75) is 13.0 Å². The SMILES string of the molecule is CNC(C)c1cc2cc(Cl)ccc2s1. The minimum atomic E-state index is 0.408. The molecule has 1 unspecified atom stereocenters. The lowest BCUT2D eigenvalue weighted by Gasteiger charge is -2.05. The maximum atomic E-state index is 5.93. The van der Waals surface area contributed by atoms with Crippen LogP contribution < -0.4 is 5.32 Å². The van der Waals surface area contributed by atoms with Crippen LogP contribution >= 0.6 is 22.9 Å². The molecule has 0 bridgehead atoms. The van der Waals surface area contributed by atoms with Crippen LogP contribution in [0.4, 0.5) is 0 Å². The monoisotopic (exact) mass is 225 g/mol. The fourth-order valence-corrected chi connectivity index (χ4v) is 2.68. The van der Waals surface area contributed by atoms with E-state index in [-0.39, 0.29) is 0 Å². The number of thiophene rings is 1. The van der Waals surface area contributed by atoms with Crippen LogP contribution in [0, 0.1) is 0 Å². The molecule has 1 aromatic carbocycles. The van der Waals surface area contributed by atoms with Crippen LogP contribution in [0.25, 0.3) is 10.1 Å². The van der Waals surface area contributed by atoms with Crippen LogP contribution in [0.15, 0.2) is 24.3 Å². The van der Waals surface area contributed by atoms with E-state index in [2.05, 4.69) is 24.4 Å². The molecule has 0 aliphatic rings. The fourth-order valence-electron chi connectivity index (χ4n) is 1.39. The summed E-state index contributed by atoms with van der Waals surface area (Å²) in [7, 11) is 1.97. The molecule has 1 aromatic heterocycles. The molecular weight excluding hydrogens is 214 g/mol. The van der Waals surface area contributed by atoms with Gasteiger partial charge < -0.3 is 5.32 Å². The highest BCUT2D eigenvalue weighted by Crippen LogP contribution is 2.31. The minimum Gasteiger partial charge on any atom is -0.313 e. The Labute approximate surface area is 92.7 Å². The van der Waals surface area contributed by atoms with Crippen molar-refractivity contribution in [2.75, 3.05) is 7.05 Å². The molecule has 3 heteroatoms. The first kappa shape index (κ1) is 9.97. The van der Waals surface area contributed by atoms with Crippen LogP contribution in [-0.2, 0) is 0 Å². The van der Waals surface area contributed by atoms with Gasteiger partial charge >= 0.3 is 0 Å². The Balaban J connectivity index is 2.51. The van der Waals surface area contributed by atoms with Crippen molar-refractivity contribution in [2.24, 2.45) is 0 Å². The Morgan fingerprint density at radius 1 is 1.36 bits per heavy atom. The molecule has 0 aliphatic carbocycles. The second kappa shape index (κ2) is 3.89. The molecule has 0 amide bonds. The standard InChI is InChI=1S/C11H12ClNS/c1-7(13-2)11-6-8-5-9(12)3-4-10(8)14-11/h3-7,13H,1-2H3. The first-order valence-electron chi connectivity index (χ1n) is 4.57. The van der Waals surface area contributed by atoms with Gasteiger partial charge in [-0.3, -0.25) is 0 Å². The topological polar surface area (TPSA) is 12.0 Å². The highest BCUT2D eigenvalue weighted by molar-refractivity contribution is 7.19. The van der Waals surface area contributed by atoms with Crippen molar-refractivity contribution < 1.29 is 0 Å². The van der Waals surface area contributed by atoms with Gasteiger partial charge in [-0.1, -0.05) is 11.6 Å². The van der Waals surface area contributed by atoms with Crippen LogP contribution in [-0.4, -0.2) is 7.05 Å². The highest BCUT2D eigenvalue weighted by atomic mass is 35.5. The van der Waals surface area contributed by atoms with Gasteiger partial charge in [-0.05, 0) is 43.6 Å². The van der Waals surface area contributed by atoms with Crippen molar-refractivity contribution in [1.82, 2.24) is 5.32 Å². The van der Waals surface area contributed by atoms with E-state index in [1.807, 2.05) is 30.5 Å². The van der Waals surface area contributed by atoms with Crippen molar-refractivity contribution in [3.05, 3.63) is 34.2 Å². The number of fused-ring (bicyclic) bond motifs is 1. The number of rotatable bonds is 2. The molecule has 14 heavy (non-hydrogen) atoms. The number of nitrogens with one attached hydrogen (secondary N) is 1. The van der Waals surface area contributed by atoms with Crippen molar-refractivity contribution >= 4 is 33.0 Å². The van der Waals surface area contributed by atoms with Gasteiger partial charge in [0.25, 0.3) is 0 Å². The quantitative estimate of drug-likeness (QED) is 0.819. The highest BCUT2D eigenvalue weighted by Gasteiger charge is 2.07. The lowest BCUT2D eigenvalue weighted by Crippen LogP contribution is -2.10. The molecule has 0 spiro atoms. The van der Waals surface area contributed by atoms with Crippen molar-refractivity contribution in [1.29, 1.82) is 0 Å². The lowest BCUT2D eigenvalue weighted by molar-refractivity contribution is 0.664. The normalized spacial score (nSPS) is 13.4. The van der Waals surface area contributed by atoms with Gasteiger partial charge in [0.15, 0.2) is 0 Å². The summed E-state index contributed by atoms with van der Waals surface area (Å²) < 4.78 is 1.30. The zero-order valence-corrected chi connectivity index (χ0v) is 9.75. The summed E-state index contributed by atoms with van der Waals surface area (Å²) in [5.74, 6) is 0. The molecular formula is C11H12ClNS. The maximum absolute atomic E-state index is 5.93. The minimum absolute atomic E-state index is 0.408. The summed E-state index contributed by atoms with van der Waals surface area (Å²) in [6, 6.07) is 8.64. The molecule has 1 atom stereocenters. The summed E-state index contributed by atoms with van der Waals surface area (Å²) in [4.78, 5) is 1.35. The molecule has 0 saturated heterocycles. The summed E-state index contributed by atoms with van der Waals surface area (Å²) >= 11 is 7.75. The summed E-state index contributed by atoms with van der Waals surface area (Å²) in [5, 5.41) is 5.27. The van der Waals surface area contributed by atoms with E-state index in [1.54, 1.807) is 0 Å². The van der Waals surface area contributed by atoms with E-state index >= 15 is 0 Å². The molecule has 1 heterocycles. The van der Waals surface area contributed by atoms with Crippen molar-refractivity contribution in [3.63, 3.8) is 0 Å². The Morgan fingerprint density at radius 2 is 2.14 bits per heavy atom. The molecule has 0 radical (unpaired) electrons. The van der Waals surface area contributed by atoms with E-state index in [1.165, 1.54) is 15.0 Å². The third-order valence-corrected chi connectivity index (χ3v) is 3.89. The number of benzene rings is 1. The van der Waals surface area contributed by atoms with Crippen LogP contribution in [0.2, 0.25) is 5.02 Å². The fraction of sp³-hybridized carbons (Fsp3) is 0.273. The third-order valence-electron chi connectivity index (χ3n) is 2.36. The van der Waals surface area contributed by atoms with Gasteiger partial charge in [0.2, 0.25) is 0 Å². The van der Waals surface area contributed by atoms with Crippen molar-refractivity contribution in [3.8, 4) is 0 Å². The number of hydrogen-bond acceptors (Lipinski definition) is 2. The summed E-state index contributed by atoms with van der Waals surface area (Å²) in [6.07, 6.45) is 0. The average molecular weight is 226 g/mol. The summed E-state index contributed by atoms with van der Waals surface area (Å²) in [6.45, 7) is 2.16. The van der Waals surface area contributed by atoms with E-state index in [4.69, 9.17) is 11.6 Å². The Hall–Kier alpha value is -0.570. The Kier molecular flexibility index (Phi) is 2.77. The van der Waals surface area contributed by atoms with Crippen LogP contribution in [0.3, 0.4) is 0 Å². The van der Waals surface area contributed by atoms with Gasteiger partial charge in [0.05, 0.1) is 0 Å². The molecule has 0 aliphatic heterocycles. The van der Waals surface area contributed by atoms with E-state index < -0.39 is 0 Å². The largest absolute Gasteiger partial charge is 0.313 e. The zero-order chi connectivity index (χ0) is 10.1. The molecule has 0 fully saturated rings. The predicted octanol–water partition coefficient (Wildman–Crippen LogP) is 3.84. The number of hydrogen-bond donors (Lipinski definition) is 1. The second-order valence-electron chi connectivity index (χ2n) is 3.34. The van der Waals surface area contributed by atoms with Gasteiger partial charge in [-0.25, -0.2) is 0 Å². The Bertz CT molecular complexity index is 449. The first-order chi connectivity index (χ1) is 6.70. The van der Waals surface area contributed by atoms with E-state index in [0.717, 1.165) is 5.02 Å². The third kappa shape index (κ3) is 1.78. The zero-order valence-electron chi connectivity index (χ0n) is 8.17. The summed E-state index contributed by atoms with van der Waals surface area (Å²) in [5.41, 5.74) is 0. The predicted molar refractivity (Wildman–Crippen MR) is 64.3 cm³/mol. The molecule has 0 saturated carbocycles. The van der Waals surface area contributed by atoms with E-state index in [0.29, 0.717) is 6.04 Å². The Morgan fingerprint density at radius 3 is 2.86 bits per heavy atom. The molecule has 2 rings (SSSR count). The van der Waals surface area contributed by atoms with Gasteiger partial charge in [0, 0.05) is 20.6 Å². The molecule has 74 valence electrons. The first-order valence-corrected chi connectivity index (χ1v) is 5.76. The molecule has 2 aromatic rings. The molecule has 1 nitrogen and oxygen atoms in total. The number of halogens is 1.